The normalized spacial score (nSPS) is 25.3. The second-order valence-electron chi connectivity index (χ2n) is 5.86. The lowest BCUT2D eigenvalue weighted by molar-refractivity contribution is -0.120. The number of hydrogen-bond donors (Lipinski definition) is 1. The summed E-state index contributed by atoms with van der Waals surface area (Å²) in [7, 11) is 0. The maximum Gasteiger partial charge on any atom is 0.238 e. The molecule has 0 saturated carbocycles. The molecule has 23 heavy (non-hydrogen) atoms. The molecule has 6 heteroatoms. The van der Waals surface area contributed by atoms with Crippen LogP contribution in [0.4, 0.5) is 11.4 Å². The predicted molar refractivity (Wildman–Crippen MR) is 87.3 cm³/mol. The zero-order chi connectivity index (χ0) is 16.0. The fourth-order valence-electron chi connectivity index (χ4n) is 3.65. The largest absolute Gasteiger partial charge is 0.367 e. The first-order valence-corrected chi connectivity index (χ1v) is 7.69. The van der Waals surface area contributed by atoms with Gasteiger partial charge in [-0.25, -0.2) is 0 Å². The molecule has 1 N–H and O–H groups in total. The minimum Gasteiger partial charge on any atom is -0.367 e. The zero-order valence-electron chi connectivity index (χ0n) is 12.2. The number of amides is 1. The van der Waals surface area contributed by atoms with Gasteiger partial charge in [0.05, 0.1) is 22.7 Å². The molecule has 1 aromatic carbocycles. The Bertz CT molecular complexity index is 846. The van der Waals surface area contributed by atoms with E-state index in [1.54, 1.807) is 12.4 Å². The third-order valence-electron chi connectivity index (χ3n) is 4.75. The van der Waals surface area contributed by atoms with E-state index in [2.05, 4.69) is 16.4 Å². The number of halogens is 1. The van der Waals surface area contributed by atoms with Crippen LogP contribution in [0.5, 0.6) is 0 Å². The number of benzene rings is 1. The highest BCUT2D eigenvalue weighted by molar-refractivity contribution is 6.33. The average Bonchev–Trinajstić information content (AvgIpc) is 3.08. The van der Waals surface area contributed by atoms with Gasteiger partial charge in [-0.2, -0.15) is 5.26 Å². The van der Waals surface area contributed by atoms with E-state index in [1.165, 1.54) is 0 Å². The smallest absolute Gasteiger partial charge is 0.238 e. The Labute approximate surface area is 138 Å². The van der Waals surface area contributed by atoms with Gasteiger partial charge in [0.15, 0.2) is 0 Å². The van der Waals surface area contributed by atoms with Crippen molar-refractivity contribution in [3.8, 4) is 6.07 Å². The van der Waals surface area contributed by atoms with Crippen molar-refractivity contribution in [2.45, 2.75) is 5.41 Å². The molecule has 1 fully saturated rings. The topological polar surface area (TPSA) is 69.0 Å². The molecule has 2 aromatic rings. The number of nitriles is 1. The first kappa shape index (κ1) is 14.0. The first-order valence-electron chi connectivity index (χ1n) is 7.32. The van der Waals surface area contributed by atoms with Gasteiger partial charge in [0.2, 0.25) is 5.91 Å². The lowest BCUT2D eigenvalue weighted by Crippen LogP contribution is -2.41. The van der Waals surface area contributed by atoms with Crippen molar-refractivity contribution in [3.63, 3.8) is 0 Å². The van der Waals surface area contributed by atoms with Crippen LogP contribution >= 0.6 is 11.6 Å². The molecule has 2 aliphatic rings. The SMILES string of the molecule is N#CC1CN(c2ccncc2Cl)CC12C(=O)Nc1ccccc12. The van der Waals surface area contributed by atoms with Crippen molar-refractivity contribution < 1.29 is 4.79 Å². The van der Waals surface area contributed by atoms with Crippen LogP contribution in [0.1, 0.15) is 5.56 Å². The third-order valence-corrected chi connectivity index (χ3v) is 5.04. The highest BCUT2D eigenvalue weighted by atomic mass is 35.5. The van der Waals surface area contributed by atoms with Crippen LogP contribution < -0.4 is 10.2 Å². The van der Waals surface area contributed by atoms with Crippen LogP contribution in [-0.2, 0) is 10.2 Å². The lowest BCUT2D eigenvalue weighted by atomic mass is 9.74. The predicted octanol–water partition coefficient (Wildman–Crippen LogP) is 2.58. The number of pyridine rings is 1. The van der Waals surface area contributed by atoms with E-state index >= 15 is 0 Å². The zero-order valence-corrected chi connectivity index (χ0v) is 12.9. The number of hydrogen-bond acceptors (Lipinski definition) is 4. The van der Waals surface area contributed by atoms with Gasteiger partial charge in [-0.3, -0.25) is 9.78 Å². The van der Waals surface area contributed by atoms with Gasteiger partial charge in [0.25, 0.3) is 0 Å². The Kier molecular flexibility index (Phi) is 3.03. The van der Waals surface area contributed by atoms with Crippen molar-refractivity contribution >= 4 is 28.9 Å². The number of nitrogens with one attached hydrogen (secondary N) is 1. The second-order valence-corrected chi connectivity index (χ2v) is 6.27. The van der Waals surface area contributed by atoms with Gasteiger partial charge < -0.3 is 10.2 Å². The summed E-state index contributed by atoms with van der Waals surface area (Å²) >= 11 is 6.24. The van der Waals surface area contributed by atoms with Crippen LogP contribution in [0.25, 0.3) is 0 Å². The van der Waals surface area contributed by atoms with Crippen molar-refractivity contribution in [3.05, 3.63) is 53.3 Å². The number of rotatable bonds is 1. The van der Waals surface area contributed by atoms with Crippen molar-refractivity contribution in [2.24, 2.45) is 5.92 Å². The van der Waals surface area contributed by atoms with Gasteiger partial charge in [-0.15, -0.1) is 0 Å². The van der Waals surface area contributed by atoms with Gasteiger partial charge >= 0.3 is 0 Å². The second kappa shape index (κ2) is 4.97. The number of fused-ring (bicyclic) bond motifs is 2. The van der Waals surface area contributed by atoms with E-state index < -0.39 is 11.3 Å². The Hall–Kier alpha value is -2.58. The van der Waals surface area contributed by atoms with Gasteiger partial charge in [-0.05, 0) is 17.7 Å². The summed E-state index contributed by atoms with van der Waals surface area (Å²) in [5.41, 5.74) is 1.64. The molecule has 2 unspecified atom stereocenters. The van der Waals surface area contributed by atoms with Crippen molar-refractivity contribution in [1.29, 1.82) is 5.26 Å². The number of nitrogens with zero attached hydrogens (tertiary/aromatic N) is 3. The minimum atomic E-state index is -0.849. The molecule has 2 atom stereocenters. The summed E-state index contributed by atoms with van der Waals surface area (Å²) in [5.74, 6) is -0.548. The summed E-state index contributed by atoms with van der Waals surface area (Å²) in [6, 6.07) is 11.7. The van der Waals surface area contributed by atoms with Crippen LogP contribution in [0, 0.1) is 17.2 Å². The Morgan fingerprint density at radius 3 is 3.00 bits per heavy atom. The molecule has 114 valence electrons. The van der Waals surface area contributed by atoms with E-state index in [0.29, 0.717) is 18.1 Å². The molecule has 4 rings (SSSR count). The molecular formula is C17H13ClN4O. The number of aromatic nitrogens is 1. The Balaban J connectivity index is 1.83. The molecule has 0 aliphatic carbocycles. The highest BCUT2D eigenvalue weighted by Gasteiger charge is 2.58. The fourth-order valence-corrected chi connectivity index (χ4v) is 3.89. The quantitative estimate of drug-likeness (QED) is 0.875. The summed E-state index contributed by atoms with van der Waals surface area (Å²) in [6.45, 7) is 0.889. The molecule has 2 aliphatic heterocycles. The molecule has 0 radical (unpaired) electrons. The van der Waals surface area contributed by atoms with Crippen LogP contribution in [0.2, 0.25) is 5.02 Å². The summed E-state index contributed by atoms with van der Waals surface area (Å²) in [5, 5.41) is 13.1. The maximum absolute atomic E-state index is 12.8. The lowest BCUT2D eigenvalue weighted by Gasteiger charge is -2.25. The minimum absolute atomic E-state index is 0.113. The number of para-hydroxylation sites is 1. The molecular weight excluding hydrogens is 312 g/mol. The summed E-state index contributed by atoms with van der Waals surface area (Å²) in [4.78, 5) is 18.7. The van der Waals surface area contributed by atoms with Crippen molar-refractivity contribution in [1.82, 2.24) is 4.98 Å². The molecule has 1 saturated heterocycles. The van der Waals surface area contributed by atoms with Gasteiger partial charge in [0.1, 0.15) is 5.41 Å². The van der Waals surface area contributed by atoms with E-state index in [0.717, 1.165) is 16.9 Å². The molecule has 1 aromatic heterocycles. The Morgan fingerprint density at radius 2 is 2.22 bits per heavy atom. The van der Waals surface area contributed by atoms with E-state index in [4.69, 9.17) is 11.6 Å². The van der Waals surface area contributed by atoms with E-state index in [9.17, 15) is 10.1 Å². The first-order chi connectivity index (χ1) is 11.2. The molecule has 1 spiro atoms. The molecule has 1 amide bonds. The number of carbonyl (C=O) groups is 1. The van der Waals surface area contributed by atoms with Crippen LogP contribution in [-0.4, -0.2) is 24.0 Å². The molecule has 3 heterocycles. The molecule has 0 bridgehead atoms. The monoisotopic (exact) mass is 324 g/mol. The number of anilines is 2. The fraction of sp³-hybridized carbons (Fsp3) is 0.235. The van der Waals surface area contributed by atoms with Crippen molar-refractivity contribution in [2.75, 3.05) is 23.3 Å². The van der Waals surface area contributed by atoms with Gasteiger partial charge in [-0.1, -0.05) is 29.8 Å². The van der Waals surface area contributed by atoms with Gasteiger partial charge in [0, 0.05) is 31.2 Å². The van der Waals surface area contributed by atoms with E-state index in [-0.39, 0.29) is 5.91 Å². The summed E-state index contributed by atoms with van der Waals surface area (Å²) < 4.78 is 0. The highest BCUT2D eigenvalue weighted by Crippen LogP contribution is 2.48. The Morgan fingerprint density at radius 1 is 1.39 bits per heavy atom. The number of carbonyl (C=O) groups excluding carboxylic acids is 1. The molecule has 5 nitrogen and oxygen atoms in total. The van der Waals surface area contributed by atoms with E-state index in [1.807, 2.05) is 35.2 Å². The standard InChI is InChI=1S/C17H13ClN4O/c18-13-8-20-6-5-15(13)22-9-11(7-19)17(10-22)12-3-1-2-4-14(12)21-16(17)23/h1-6,8,11H,9-10H2,(H,21,23). The summed E-state index contributed by atoms with van der Waals surface area (Å²) in [6.07, 6.45) is 3.24. The average molecular weight is 325 g/mol. The maximum atomic E-state index is 12.8. The van der Waals surface area contributed by atoms with Crippen LogP contribution in [0.15, 0.2) is 42.7 Å². The third kappa shape index (κ3) is 1.85. The van der Waals surface area contributed by atoms with Crippen LogP contribution in [0.3, 0.4) is 0 Å².